The van der Waals surface area contributed by atoms with E-state index >= 15 is 0 Å². The fourth-order valence-corrected chi connectivity index (χ4v) is 3.38. The molecule has 26 heavy (non-hydrogen) atoms. The number of carbonyl (C=O) groups excluding carboxylic acids is 1. The average molecular weight is 359 g/mol. The van der Waals surface area contributed by atoms with E-state index < -0.39 is 0 Å². The van der Waals surface area contributed by atoms with E-state index in [0.717, 1.165) is 43.8 Å². The van der Waals surface area contributed by atoms with Crippen LogP contribution in [0, 0.1) is 0 Å². The molecule has 1 aliphatic rings. The molecule has 1 N–H and O–H groups in total. The fourth-order valence-electron chi connectivity index (χ4n) is 3.38. The van der Waals surface area contributed by atoms with Crippen molar-refractivity contribution in [2.45, 2.75) is 39.7 Å². The van der Waals surface area contributed by atoms with Crippen molar-refractivity contribution in [1.82, 2.24) is 25.3 Å². The summed E-state index contributed by atoms with van der Waals surface area (Å²) in [6.45, 7) is 14.5. The molecule has 1 saturated heterocycles. The summed E-state index contributed by atoms with van der Waals surface area (Å²) in [7, 11) is 0. The van der Waals surface area contributed by atoms with Crippen molar-refractivity contribution in [3.05, 3.63) is 23.5 Å². The second kappa shape index (κ2) is 8.14. The molecule has 7 heteroatoms. The molecule has 1 unspecified atom stereocenters. The zero-order chi connectivity index (χ0) is 18.7. The third-order valence-electron chi connectivity index (χ3n) is 5.20. The van der Waals surface area contributed by atoms with E-state index in [4.69, 9.17) is 4.52 Å². The molecule has 0 radical (unpaired) electrons. The highest BCUT2D eigenvalue weighted by Crippen LogP contribution is 2.24. The van der Waals surface area contributed by atoms with Crippen LogP contribution in [0.1, 0.15) is 49.7 Å². The SMILES string of the molecule is CCN1CCN(C(C)CNC(=O)c2cnc3onc(C(C)C)c3c2)CC1. The van der Waals surface area contributed by atoms with Gasteiger partial charge in [0.1, 0.15) is 0 Å². The van der Waals surface area contributed by atoms with E-state index in [-0.39, 0.29) is 11.8 Å². The average Bonchev–Trinajstić information content (AvgIpc) is 3.09. The van der Waals surface area contributed by atoms with Gasteiger partial charge in [-0.15, -0.1) is 0 Å². The van der Waals surface area contributed by atoms with Gasteiger partial charge in [-0.1, -0.05) is 25.9 Å². The number of hydrogen-bond donors (Lipinski definition) is 1. The largest absolute Gasteiger partial charge is 0.350 e. The van der Waals surface area contributed by atoms with Gasteiger partial charge in [0.2, 0.25) is 0 Å². The number of aromatic nitrogens is 2. The Labute approximate surface area is 154 Å². The first-order valence-corrected chi connectivity index (χ1v) is 9.49. The monoisotopic (exact) mass is 359 g/mol. The van der Waals surface area contributed by atoms with Crippen molar-refractivity contribution in [1.29, 1.82) is 0 Å². The molecule has 0 aromatic carbocycles. The van der Waals surface area contributed by atoms with Gasteiger partial charge in [0.05, 0.1) is 16.6 Å². The van der Waals surface area contributed by atoms with Crippen LogP contribution < -0.4 is 5.32 Å². The van der Waals surface area contributed by atoms with E-state index in [9.17, 15) is 4.79 Å². The number of amides is 1. The van der Waals surface area contributed by atoms with E-state index in [1.54, 1.807) is 6.20 Å². The van der Waals surface area contributed by atoms with Gasteiger partial charge in [0.25, 0.3) is 11.6 Å². The van der Waals surface area contributed by atoms with Gasteiger partial charge in [-0.25, -0.2) is 4.98 Å². The standard InChI is InChI=1S/C19H29N5O2/c1-5-23-6-8-24(9-7-23)14(4)11-20-18(25)15-10-16-17(13(2)3)22-26-19(16)21-12-15/h10,12-14H,5-9,11H2,1-4H3,(H,20,25). The zero-order valence-corrected chi connectivity index (χ0v) is 16.2. The molecule has 1 fully saturated rings. The number of fused-ring (bicyclic) bond motifs is 1. The van der Waals surface area contributed by atoms with Gasteiger partial charge in [-0.2, -0.15) is 0 Å². The molecule has 3 rings (SSSR count). The maximum absolute atomic E-state index is 12.5. The van der Waals surface area contributed by atoms with E-state index in [2.05, 4.69) is 39.1 Å². The molecule has 142 valence electrons. The Morgan fingerprint density at radius 2 is 2.00 bits per heavy atom. The number of nitrogens with zero attached hydrogens (tertiary/aromatic N) is 4. The summed E-state index contributed by atoms with van der Waals surface area (Å²) in [5.74, 6) is 0.118. The first-order chi connectivity index (χ1) is 12.5. The van der Waals surface area contributed by atoms with Gasteiger partial charge >= 0.3 is 0 Å². The van der Waals surface area contributed by atoms with E-state index in [1.807, 2.05) is 19.9 Å². The van der Waals surface area contributed by atoms with Crippen LogP contribution in [-0.2, 0) is 0 Å². The minimum atomic E-state index is -0.102. The van der Waals surface area contributed by atoms with Crippen LogP contribution in [0.2, 0.25) is 0 Å². The van der Waals surface area contributed by atoms with Crippen LogP contribution in [0.4, 0.5) is 0 Å². The summed E-state index contributed by atoms with van der Waals surface area (Å²) in [6.07, 6.45) is 1.55. The maximum atomic E-state index is 12.5. The van der Waals surface area contributed by atoms with Crippen LogP contribution in [0.3, 0.4) is 0 Å². The molecular weight excluding hydrogens is 330 g/mol. The highest BCUT2D eigenvalue weighted by Gasteiger charge is 2.21. The molecule has 1 amide bonds. The molecule has 1 atom stereocenters. The molecule has 7 nitrogen and oxygen atoms in total. The summed E-state index contributed by atoms with van der Waals surface area (Å²) in [5, 5.41) is 7.92. The number of rotatable bonds is 6. The van der Waals surface area contributed by atoms with Crippen LogP contribution in [-0.4, -0.2) is 71.2 Å². The lowest BCUT2D eigenvalue weighted by Gasteiger charge is -2.37. The van der Waals surface area contributed by atoms with Crippen LogP contribution in [0.25, 0.3) is 11.1 Å². The van der Waals surface area contributed by atoms with Crippen molar-refractivity contribution < 1.29 is 9.32 Å². The van der Waals surface area contributed by atoms with Gasteiger partial charge in [0.15, 0.2) is 0 Å². The van der Waals surface area contributed by atoms with Crippen LogP contribution >= 0.6 is 0 Å². The number of nitrogens with one attached hydrogen (secondary N) is 1. The van der Waals surface area contributed by atoms with Gasteiger partial charge < -0.3 is 14.7 Å². The molecule has 0 bridgehead atoms. The van der Waals surface area contributed by atoms with Crippen molar-refractivity contribution in [3.63, 3.8) is 0 Å². The molecule has 0 saturated carbocycles. The van der Waals surface area contributed by atoms with E-state index in [0.29, 0.717) is 23.9 Å². The van der Waals surface area contributed by atoms with Gasteiger partial charge in [-0.05, 0) is 25.5 Å². The summed E-state index contributed by atoms with van der Waals surface area (Å²) >= 11 is 0. The summed E-state index contributed by atoms with van der Waals surface area (Å²) in [4.78, 5) is 21.7. The zero-order valence-electron chi connectivity index (χ0n) is 16.2. The minimum absolute atomic E-state index is 0.102. The quantitative estimate of drug-likeness (QED) is 0.851. The third kappa shape index (κ3) is 4.04. The predicted molar refractivity (Wildman–Crippen MR) is 101 cm³/mol. The molecule has 2 aromatic heterocycles. The Hall–Kier alpha value is -1.99. The lowest BCUT2D eigenvalue weighted by Crippen LogP contribution is -2.52. The van der Waals surface area contributed by atoms with Gasteiger partial charge in [0, 0.05) is 45.0 Å². The van der Waals surface area contributed by atoms with Crippen molar-refractivity contribution in [3.8, 4) is 0 Å². The number of carbonyl (C=O) groups is 1. The Bertz CT molecular complexity index is 749. The van der Waals surface area contributed by atoms with Crippen LogP contribution in [0.5, 0.6) is 0 Å². The topological polar surface area (TPSA) is 74.5 Å². The highest BCUT2D eigenvalue weighted by molar-refractivity contribution is 5.97. The van der Waals surface area contributed by atoms with Crippen molar-refractivity contribution >= 4 is 17.0 Å². The number of pyridine rings is 1. The summed E-state index contributed by atoms with van der Waals surface area (Å²) in [6, 6.07) is 2.14. The van der Waals surface area contributed by atoms with Crippen molar-refractivity contribution in [2.24, 2.45) is 0 Å². The maximum Gasteiger partial charge on any atom is 0.257 e. The lowest BCUT2D eigenvalue weighted by molar-refractivity contribution is 0.0882. The number of likely N-dealkylation sites (N-methyl/N-ethyl adjacent to an activating group) is 1. The molecule has 0 aliphatic carbocycles. The smallest absolute Gasteiger partial charge is 0.257 e. The molecule has 0 spiro atoms. The highest BCUT2D eigenvalue weighted by atomic mass is 16.5. The lowest BCUT2D eigenvalue weighted by atomic mass is 10.1. The third-order valence-corrected chi connectivity index (χ3v) is 5.20. The Balaban J connectivity index is 1.59. The molecule has 2 aromatic rings. The Kier molecular flexibility index (Phi) is 5.88. The summed E-state index contributed by atoms with van der Waals surface area (Å²) in [5.41, 5.74) is 1.86. The Morgan fingerprint density at radius 3 is 2.65 bits per heavy atom. The number of piperazine rings is 1. The predicted octanol–water partition coefficient (Wildman–Crippen LogP) is 2.10. The second-order valence-electron chi connectivity index (χ2n) is 7.33. The molecule has 3 heterocycles. The first-order valence-electron chi connectivity index (χ1n) is 9.49. The molecular formula is C19H29N5O2. The number of hydrogen-bond acceptors (Lipinski definition) is 6. The second-order valence-corrected chi connectivity index (χ2v) is 7.33. The van der Waals surface area contributed by atoms with Crippen LogP contribution in [0.15, 0.2) is 16.8 Å². The minimum Gasteiger partial charge on any atom is -0.350 e. The van der Waals surface area contributed by atoms with Gasteiger partial charge in [-0.3, -0.25) is 9.69 Å². The summed E-state index contributed by atoms with van der Waals surface area (Å²) < 4.78 is 5.24. The van der Waals surface area contributed by atoms with E-state index in [1.165, 1.54) is 0 Å². The molecule has 1 aliphatic heterocycles. The normalized spacial score (nSPS) is 17.7. The van der Waals surface area contributed by atoms with Crippen molar-refractivity contribution in [2.75, 3.05) is 39.3 Å². The fraction of sp³-hybridized carbons (Fsp3) is 0.632. The Morgan fingerprint density at radius 1 is 1.27 bits per heavy atom. The first kappa shape index (κ1) is 18.8.